The molecule has 1 fully saturated rings. The van der Waals surface area contributed by atoms with E-state index in [-0.39, 0.29) is 24.9 Å². The van der Waals surface area contributed by atoms with E-state index in [0.717, 1.165) is 25.0 Å². The Kier molecular flexibility index (Phi) is 3.91. The Morgan fingerprint density at radius 1 is 1.39 bits per heavy atom. The fourth-order valence-electron chi connectivity index (χ4n) is 1.83. The van der Waals surface area contributed by atoms with Gasteiger partial charge in [-0.2, -0.15) is 0 Å². The highest BCUT2D eigenvalue weighted by Crippen LogP contribution is 2.32. The van der Waals surface area contributed by atoms with Crippen molar-refractivity contribution in [3.05, 3.63) is 35.4 Å². The van der Waals surface area contributed by atoms with Crippen molar-refractivity contribution < 1.29 is 13.6 Å². The third-order valence-corrected chi connectivity index (χ3v) is 3.12. The minimum absolute atomic E-state index is 0.0880. The van der Waals surface area contributed by atoms with Crippen molar-refractivity contribution in [2.75, 3.05) is 0 Å². The lowest BCUT2D eigenvalue weighted by molar-refractivity contribution is -0.121. The zero-order chi connectivity index (χ0) is 13.1. The molecule has 1 unspecified atom stereocenters. The van der Waals surface area contributed by atoms with Crippen molar-refractivity contribution in [2.24, 2.45) is 11.7 Å². The standard InChI is InChI=1S/C13H16F2N2O/c14-10-4-1-8(5-11(10)15)7-17-13(18)6-12(16)9-2-3-9/h1,4-5,9,12H,2-3,6-7,16H2,(H,17,18). The van der Waals surface area contributed by atoms with Crippen LogP contribution in [0.2, 0.25) is 0 Å². The highest BCUT2D eigenvalue weighted by molar-refractivity contribution is 5.76. The lowest BCUT2D eigenvalue weighted by atomic mass is 10.1. The van der Waals surface area contributed by atoms with Gasteiger partial charge in [0, 0.05) is 19.0 Å². The van der Waals surface area contributed by atoms with E-state index < -0.39 is 11.6 Å². The molecule has 1 aliphatic carbocycles. The van der Waals surface area contributed by atoms with Crippen LogP contribution >= 0.6 is 0 Å². The first-order chi connectivity index (χ1) is 8.56. The zero-order valence-electron chi connectivity index (χ0n) is 9.96. The number of amides is 1. The van der Waals surface area contributed by atoms with Crippen molar-refractivity contribution in [2.45, 2.75) is 31.8 Å². The number of nitrogens with one attached hydrogen (secondary N) is 1. The van der Waals surface area contributed by atoms with Crippen molar-refractivity contribution in [3.63, 3.8) is 0 Å². The number of rotatable bonds is 5. The maximum atomic E-state index is 12.9. The molecular weight excluding hydrogens is 238 g/mol. The van der Waals surface area contributed by atoms with Crippen LogP contribution < -0.4 is 11.1 Å². The van der Waals surface area contributed by atoms with Gasteiger partial charge in [0.1, 0.15) is 0 Å². The van der Waals surface area contributed by atoms with E-state index in [9.17, 15) is 13.6 Å². The summed E-state index contributed by atoms with van der Waals surface area (Å²) in [6.07, 6.45) is 2.48. The lowest BCUT2D eigenvalue weighted by Gasteiger charge is -2.10. The van der Waals surface area contributed by atoms with Crippen LogP contribution in [0.1, 0.15) is 24.8 Å². The minimum atomic E-state index is -0.906. The van der Waals surface area contributed by atoms with Gasteiger partial charge in [0.15, 0.2) is 11.6 Å². The van der Waals surface area contributed by atoms with E-state index in [2.05, 4.69) is 5.32 Å². The minimum Gasteiger partial charge on any atom is -0.352 e. The molecule has 3 nitrogen and oxygen atoms in total. The number of hydrogen-bond acceptors (Lipinski definition) is 2. The van der Waals surface area contributed by atoms with E-state index in [1.807, 2.05) is 0 Å². The van der Waals surface area contributed by atoms with Crippen molar-refractivity contribution >= 4 is 5.91 Å². The van der Waals surface area contributed by atoms with Crippen LogP contribution in [0, 0.1) is 17.6 Å². The number of carbonyl (C=O) groups excluding carboxylic acids is 1. The molecule has 5 heteroatoms. The quantitative estimate of drug-likeness (QED) is 0.840. The molecule has 1 aliphatic rings. The molecule has 1 aromatic carbocycles. The molecule has 0 saturated heterocycles. The van der Waals surface area contributed by atoms with Crippen LogP contribution in [0.3, 0.4) is 0 Å². The normalized spacial score (nSPS) is 16.4. The van der Waals surface area contributed by atoms with E-state index >= 15 is 0 Å². The molecule has 1 aromatic rings. The highest BCUT2D eigenvalue weighted by atomic mass is 19.2. The van der Waals surface area contributed by atoms with Gasteiger partial charge in [-0.15, -0.1) is 0 Å². The summed E-state index contributed by atoms with van der Waals surface area (Å²) >= 11 is 0. The van der Waals surface area contributed by atoms with E-state index in [0.29, 0.717) is 11.5 Å². The molecule has 1 atom stereocenters. The number of carbonyl (C=O) groups is 1. The Labute approximate surface area is 104 Å². The first-order valence-corrected chi connectivity index (χ1v) is 6.02. The fraction of sp³-hybridized carbons (Fsp3) is 0.462. The summed E-state index contributed by atoms with van der Waals surface area (Å²) < 4.78 is 25.6. The molecule has 0 aromatic heterocycles. The Hall–Kier alpha value is -1.49. The van der Waals surface area contributed by atoms with Gasteiger partial charge in [0.2, 0.25) is 5.91 Å². The molecule has 1 amide bonds. The van der Waals surface area contributed by atoms with Gasteiger partial charge in [-0.05, 0) is 36.5 Å². The van der Waals surface area contributed by atoms with Gasteiger partial charge < -0.3 is 11.1 Å². The molecule has 2 rings (SSSR count). The third-order valence-electron chi connectivity index (χ3n) is 3.12. The topological polar surface area (TPSA) is 55.1 Å². The van der Waals surface area contributed by atoms with Crippen LogP contribution in [-0.2, 0) is 11.3 Å². The first-order valence-electron chi connectivity index (χ1n) is 6.02. The third kappa shape index (κ3) is 3.50. The number of nitrogens with two attached hydrogens (primary N) is 1. The van der Waals surface area contributed by atoms with Gasteiger partial charge in [-0.25, -0.2) is 8.78 Å². The van der Waals surface area contributed by atoms with Crippen LogP contribution in [-0.4, -0.2) is 11.9 Å². The maximum Gasteiger partial charge on any atom is 0.221 e. The second-order valence-corrected chi connectivity index (χ2v) is 4.73. The van der Waals surface area contributed by atoms with Crippen LogP contribution in [0.5, 0.6) is 0 Å². The van der Waals surface area contributed by atoms with Gasteiger partial charge in [0.25, 0.3) is 0 Å². The van der Waals surface area contributed by atoms with Crippen LogP contribution in [0.4, 0.5) is 8.78 Å². The Morgan fingerprint density at radius 3 is 2.72 bits per heavy atom. The lowest BCUT2D eigenvalue weighted by Crippen LogP contribution is -2.32. The van der Waals surface area contributed by atoms with Gasteiger partial charge in [-0.3, -0.25) is 4.79 Å². The molecule has 98 valence electrons. The molecule has 18 heavy (non-hydrogen) atoms. The molecule has 0 aliphatic heterocycles. The van der Waals surface area contributed by atoms with Crippen molar-refractivity contribution in [1.82, 2.24) is 5.32 Å². The Balaban J connectivity index is 1.79. The average molecular weight is 254 g/mol. The first kappa shape index (κ1) is 13.0. The molecule has 0 spiro atoms. The summed E-state index contributed by atoms with van der Waals surface area (Å²) in [5, 5.41) is 2.65. The summed E-state index contributed by atoms with van der Waals surface area (Å²) in [5.74, 6) is -1.48. The molecule has 1 saturated carbocycles. The summed E-state index contributed by atoms with van der Waals surface area (Å²) in [6, 6.07) is 3.48. The molecule has 0 bridgehead atoms. The van der Waals surface area contributed by atoms with Gasteiger partial charge in [-0.1, -0.05) is 6.07 Å². The van der Waals surface area contributed by atoms with Crippen LogP contribution in [0.25, 0.3) is 0 Å². The monoisotopic (exact) mass is 254 g/mol. The second kappa shape index (κ2) is 5.44. The molecule has 3 N–H and O–H groups in total. The van der Waals surface area contributed by atoms with Crippen LogP contribution in [0.15, 0.2) is 18.2 Å². The number of hydrogen-bond donors (Lipinski definition) is 2. The molecule has 0 heterocycles. The number of benzene rings is 1. The molecule has 0 radical (unpaired) electrons. The summed E-state index contributed by atoms with van der Waals surface area (Å²) in [6.45, 7) is 0.188. The summed E-state index contributed by atoms with van der Waals surface area (Å²) in [4.78, 5) is 11.6. The predicted octanol–water partition coefficient (Wildman–Crippen LogP) is 1.71. The average Bonchev–Trinajstić information content (AvgIpc) is 3.14. The SMILES string of the molecule is NC(CC(=O)NCc1ccc(F)c(F)c1)C1CC1. The van der Waals surface area contributed by atoms with E-state index in [1.54, 1.807) is 0 Å². The highest BCUT2D eigenvalue weighted by Gasteiger charge is 2.29. The Morgan fingerprint density at radius 2 is 2.11 bits per heavy atom. The largest absolute Gasteiger partial charge is 0.352 e. The summed E-state index contributed by atoms with van der Waals surface area (Å²) in [7, 11) is 0. The predicted molar refractivity (Wildman–Crippen MR) is 63.5 cm³/mol. The zero-order valence-corrected chi connectivity index (χ0v) is 9.96. The smallest absolute Gasteiger partial charge is 0.221 e. The second-order valence-electron chi connectivity index (χ2n) is 4.73. The van der Waals surface area contributed by atoms with Gasteiger partial charge >= 0.3 is 0 Å². The fourth-order valence-corrected chi connectivity index (χ4v) is 1.83. The molecular formula is C13H16F2N2O. The van der Waals surface area contributed by atoms with Gasteiger partial charge in [0.05, 0.1) is 0 Å². The van der Waals surface area contributed by atoms with E-state index in [4.69, 9.17) is 5.73 Å². The number of halogens is 2. The maximum absolute atomic E-state index is 12.9. The van der Waals surface area contributed by atoms with E-state index in [1.165, 1.54) is 6.07 Å². The summed E-state index contributed by atoms with van der Waals surface area (Å²) in [5.41, 5.74) is 6.35. The van der Waals surface area contributed by atoms with Crippen molar-refractivity contribution in [3.8, 4) is 0 Å². The van der Waals surface area contributed by atoms with Crippen molar-refractivity contribution in [1.29, 1.82) is 0 Å². The Bertz CT molecular complexity index is 447.